The first kappa shape index (κ1) is 35.1. The molecule has 1 aromatic rings. The van der Waals surface area contributed by atoms with E-state index in [9.17, 15) is 14.4 Å². The number of carbonyl (C=O) groups excluding carboxylic acids is 3. The third-order valence-corrected chi connectivity index (χ3v) is 6.80. The number of unbranched alkanes of at least 4 members (excludes halogenated alkanes) is 2. The Morgan fingerprint density at radius 3 is 2.47 bits per heavy atom. The summed E-state index contributed by atoms with van der Waals surface area (Å²) >= 11 is 0. The van der Waals surface area contributed by atoms with Gasteiger partial charge in [0, 0.05) is 43.7 Å². The van der Waals surface area contributed by atoms with Crippen LogP contribution in [0.15, 0.2) is 66.5 Å². The zero-order valence-corrected chi connectivity index (χ0v) is 25.7. The van der Waals surface area contributed by atoms with E-state index in [4.69, 9.17) is 21.1 Å². The van der Waals surface area contributed by atoms with Crippen LogP contribution in [0.5, 0.6) is 0 Å². The molecule has 6 N–H and O–H groups in total. The highest BCUT2D eigenvalue weighted by molar-refractivity contribution is 5.83. The maximum atomic E-state index is 13.5. The molecule has 0 spiro atoms. The van der Waals surface area contributed by atoms with Gasteiger partial charge in [-0.15, -0.1) is 0 Å². The zero-order valence-electron chi connectivity index (χ0n) is 25.7. The monoisotopic (exact) mass is 596 g/mol. The molecule has 11 heteroatoms. The van der Waals surface area contributed by atoms with Crippen LogP contribution in [0, 0.1) is 0 Å². The van der Waals surface area contributed by atoms with Gasteiger partial charge in [0.15, 0.2) is 0 Å². The second-order valence-electron chi connectivity index (χ2n) is 10.0. The second-order valence-corrected chi connectivity index (χ2v) is 10.0. The summed E-state index contributed by atoms with van der Waals surface area (Å²) in [4.78, 5) is 39.3. The minimum absolute atomic E-state index is 0.0393. The normalized spacial score (nSPS) is 16.4. The molecule has 1 aromatic carbocycles. The van der Waals surface area contributed by atoms with Gasteiger partial charge in [0.25, 0.3) is 0 Å². The molecule has 1 aliphatic heterocycles. The van der Waals surface area contributed by atoms with E-state index in [2.05, 4.69) is 30.7 Å². The van der Waals surface area contributed by atoms with E-state index < -0.39 is 6.09 Å². The third kappa shape index (κ3) is 10.9. The fourth-order valence-corrected chi connectivity index (χ4v) is 4.58. The number of nitrogens with one attached hydrogen (secondary N) is 2. The summed E-state index contributed by atoms with van der Waals surface area (Å²) in [6.07, 6.45) is 6.80. The highest BCUT2D eigenvalue weighted by Crippen LogP contribution is 2.33. The van der Waals surface area contributed by atoms with E-state index in [0.29, 0.717) is 42.4 Å². The number of hydrazine groups is 1. The fourth-order valence-electron chi connectivity index (χ4n) is 4.58. The minimum atomic E-state index is -0.500. The minimum Gasteiger partial charge on any atom is -0.448 e. The lowest BCUT2D eigenvalue weighted by Crippen LogP contribution is -2.39. The van der Waals surface area contributed by atoms with Gasteiger partial charge < -0.3 is 35.7 Å². The standard InChI is InChI=1S/C32H48N6O5/c1-5-9-12-17-36-32(41)43-22-19-38(34)31-26-14-11-10-13-24(26)23-37(27(8-4)25(7-3)30(31)33)29(40)15-18-35-28(39)16-21-42-20-6-2/h7-8,10-11,13-14H,3-6,9,12,15-23,33-34H2,1-2H3,(H,35,39)(H,36,41)/b27-25-,31-30-. The van der Waals surface area contributed by atoms with Crippen molar-refractivity contribution in [2.45, 2.75) is 58.9 Å². The van der Waals surface area contributed by atoms with E-state index in [0.717, 1.165) is 36.8 Å². The van der Waals surface area contributed by atoms with Gasteiger partial charge in [0.1, 0.15) is 6.61 Å². The maximum absolute atomic E-state index is 13.5. The van der Waals surface area contributed by atoms with Gasteiger partial charge in [-0.1, -0.05) is 70.2 Å². The van der Waals surface area contributed by atoms with Crippen LogP contribution in [-0.2, 0) is 25.6 Å². The number of hydrogen-bond acceptors (Lipinski definition) is 8. The Labute approximate surface area is 255 Å². The summed E-state index contributed by atoms with van der Waals surface area (Å²) in [6, 6.07) is 7.51. The van der Waals surface area contributed by atoms with Gasteiger partial charge in [-0.2, -0.15) is 0 Å². The van der Waals surface area contributed by atoms with Crippen LogP contribution in [0.3, 0.4) is 0 Å². The van der Waals surface area contributed by atoms with Gasteiger partial charge in [0.05, 0.1) is 36.8 Å². The lowest BCUT2D eigenvalue weighted by Gasteiger charge is -2.33. The summed E-state index contributed by atoms with van der Waals surface area (Å²) < 4.78 is 10.7. The van der Waals surface area contributed by atoms with Crippen molar-refractivity contribution < 1.29 is 23.9 Å². The number of alkyl carbamates (subject to hydrolysis) is 1. The van der Waals surface area contributed by atoms with Crippen LogP contribution in [0.25, 0.3) is 5.70 Å². The largest absolute Gasteiger partial charge is 0.448 e. The lowest BCUT2D eigenvalue weighted by atomic mass is 9.95. The van der Waals surface area contributed by atoms with E-state index in [-0.39, 0.29) is 50.9 Å². The highest BCUT2D eigenvalue weighted by atomic mass is 16.5. The Hall–Kier alpha value is -4.09. The van der Waals surface area contributed by atoms with E-state index in [1.165, 1.54) is 5.01 Å². The first-order chi connectivity index (χ1) is 20.8. The van der Waals surface area contributed by atoms with Crippen LogP contribution < -0.4 is 22.2 Å². The number of carbonyl (C=O) groups is 3. The summed E-state index contributed by atoms with van der Waals surface area (Å²) in [5, 5.41) is 6.97. The molecule has 0 unspecified atom stereocenters. The number of rotatable bonds is 18. The molecule has 1 heterocycles. The van der Waals surface area contributed by atoms with Crippen molar-refractivity contribution in [1.29, 1.82) is 0 Å². The molecule has 43 heavy (non-hydrogen) atoms. The van der Waals surface area contributed by atoms with Crippen molar-refractivity contribution in [1.82, 2.24) is 20.5 Å². The van der Waals surface area contributed by atoms with Crippen molar-refractivity contribution in [3.05, 3.63) is 77.7 Å². The second kappa shape index (κ2) is 19.2. The molecule has 0 aliphatic carbocycles. The molecule has 0 radical (unpaired) electrons. The van der Waals surface area contributed by atoms with Gasteiger partial charge in [-0.05, 0) is 24.5 Å². The number of hydrogen-bond donors (Lipinski definition) is 4. The average molecular weight is 597 g/mol. The molecule has 0 saturated carbocycles. The molecule has 0 fully saturated rings. The molecule has 0 saturated heterocycles. The number of nitrogens with zero attached hydrogens (tertiary/aromatic N) is 2. The lowest BCUT2D eigenvalue weighted by molar-refractivity contribution is -0.129. The Kier molecular flexibility index (Phi) is 15.6. The SMILES string of the molecule is C=CC1=C(\C=C)N(C(=O)CCNC(=O)CCOCCC)Cc2ccccc2/C(N(N)CCOC(=O)NCCCCC)=C\1N. The molecule has 236 valence electrons. The van der Waals surface area contributed by atoms with Gasteiger partial charge in [0.2, 0.25) is 11.8 Å². The van der Waals surface area contributed by atoms with Crippen LogP contribution in [0.2, 0.25) is 0 Å². The zero-order chi connectivity index (χ0) is 31.6. The molecular formula is C32H48N6O5. The molecule has 0 atom stereocenters. The van der Waals surface area contributed by atoms with Gasteiger partial charge >= 0.3 is 6.09 Å². The topological polar surface area (TPSA) is 152 Å². The molecule has 0 aromatic heterocycles. The average Bonchev–Trinajstić information content (AvgIpc) is 2.99. The number of allylic oxidation sites excluding steroid dienone is 2. The number of nitrogens with two attached hydrogens (primary N) is 2. The summed E-state index contributed by atoms with van der Waals surface area (Å²) in [7, 11) is 0. The van der Waals surface area contributed by atoms with Gasteiger partial charge in [-0.25, -0.2) is 10.6 Å². The number of amides is 3. The highest BCUT2D eigenvalue weighted by Gasteiger charge is 2.27. The number of ether oxygens (including phenoxy) is 2. The predicted molar refractivity (Wildman–Crippen MR) is 169 cm³/mol. The number of benzene rings is 1. The van der Waals surface area contributed by atoms with E-state index >= 15 is 0 Å². The summed E-state index contributed by atoms with van der Waals surface area (Å²) in [5.41, 5.74) is 10.0. The quantitative estimate of drug-likeness (QED) is 0.114. The Morgan fingerprint density at radius 1 is 1.00 bits per heavy atom. The van der Waals surface area contributed by atoms with Crippen molar-refractivity contribution in [2.75, 3.05) is 39.5 Å². The Bertz CT molecular complexity index is 1180. The van der Waals surface area contributed by atoms with Crippen LogP contribution in [0.4, 0.5) is 4.79 Å². The van der Waals surface area contributed by atoms with E-state index in [1.807, 2.05) is 31.2 Å². The molecule has 3 amide bonds. The Morgan fingerprint density at radius 2 is 1.77 bits per heavy atom. The summed E-state index contributed by atoms with van der Waals surface area (Å²) in [5.74, 6) is 6.12. The molecule has 1 aliphatic rings. The van der Waals surface area contributed by atoms with Crippen molar-refractivity contribution >= 4 is 23.6 Å². The van der Waals surface area contributed by atoms with Crippen LogP contribution in [-0.4, -0.2) is 67.3 Å². The van der Waals surface area contributed by atoms with Crippen molar-refractivity contribution in [3.8, 4) is 0 Å². The first-order valence-corrected chi connectivity index (χ1v) is 14.9. The third-order valence-electron chi connectivity index (χ3n) is 6.80. The fraction of sp³-hybridized carbons (Fsp3) is 0.469. The van der Waals surface area contributed by atoms with Crippen LogP contribution >= 0.6 is 0 Å². The molecular weight excluding hydrogens is 548 g/mol. The number of fused-ring (bicyclic) bond motifs is 1. The predicted octanol–water partition coefficient (Wildman–Crippen LogP) is 3.70. The summed E-state index contributed by atoms with van der Waals surface area (Å²) in [6.45, 7) is 14.1. The molecule has 0 bridgehead atoms. The molecule has 11 nitrogen and oxygen atoms in total. The van der Waals surface area contributed by atoms with Gasteiger partial charge in [-0.3, -0.25) is 9.59 Å². The van der Waals surface area contributed by atoms with E-state index in [1.54, 1.807) is 17.1 Å². The maximum Gasteiger partial charge on any atom is 0.407 e. The van der Waals surface area contributed by atoms with Crippen LogP contribution in [0.1, 0.15) is 63.5 Å². The van der Waals surface area contributed by atoms with Crippen molar-refractivity contribution in [3.63, 3.8) is 0 Å². The smallest absolute Gasteiger partial charge is 0.407 e. The Balaban J connectivity index is 2.24. The van der Waals surface area contributed by atoms with Crippen molar-refractivity contribution in [2.24, 2.45) is 11.6 Å². The first-order valence-electron chi connectivity index (χ1n) is 14.9. The molecule has 2 rings (SSSR count).